The van der Waals surface area contributed by atoms with E-state index in [1.54, 1.807) is 6.92 Å². The van der Waals surface area contributed by atoms with E-state index in [0.29, 0.717) is 6.20 Å². The van der Waals surface area contributed by atoms with Crippen molar-refractivity contribution in [2.45, 2.75) is 31.5 Å². The SMILES string of the molecule is CC1CC(F)(F)CN(C(=O)c2cc(Cl)ccc2N)C1CNc1cnc(C(F)(F)F)cn1. The molecule has 2 unspecified atom stereocenters. The molecule has 1 saturated heterocycles. The van der Waals surface area contributed by atoms with Crippen LogP contribution in [0.2, 0.25) is 5.02 Å². The molecule has 0 bridgehead atoms. The van der Waals surface area contributed by atoms with Gasteiger partial charge in [0.15, 0.2) is 5.69 Å². The molecule has 0 spiro atoms. The van der Waals surface area contributed by atoms with Gasteiger partial charge in [-0.1, -0.05) is 18.5 Å². The molecule has 1 aromatic heterocycles. The Morgan fingerprint density at radius 3 is 2.65 bits per heavy atom. The minimum absolute atomic E-state index is 0.00304. The average molecular weight is 464 g/mol. The molecule has 3 rings (SSSR count). The number of nitrogens with one attached hydrogen (secondary N) is 1. The van der Waals surface area contributed by atoms with Crippen molar-refractivity contribution < 1.29 is 26.7 Å². The maximum Gasteiger partial charge on any atom is 0.434 e. The van der Waals surface area contributed by atoms with Gasteiger partial charge >= 0.3 is 6.18 Å². The van der Waals surface area contributed by atoms with Crippen LogP contribution in [0.5, 0.6) is 0 Å². The molecule has 3 N–H and O–H groups in total. The zero-order valence-corrected chi connectivity index (χ0v) is 17.0. The number of anilines is 2. The van der Waals surface area contributed by atoms with Crippen molar-refractivity contribution in [2.75, 3.05) is 24.1 Å². The summed E-state index contributed by atoms with van der Waals surface area (Å²) in [6.07, 6.45) is -3.62. The average Bonchev–Trinajstić information content (AvgIpc) is 2.67. The topological polar surface area (TPSA) is 84.1 Å². The van der Waals surface area contributed by atoms with Gasteiger partial charge in [-0.05, 0) is 24.1 Å². The number of benzene rings is 1. The maximum atomic E-state index is 14.3. The van der Waals surface area contributed by atoms with Gasteiger partial charge in [0.1, 0.15) is 5.82 Å². The molecule has 0 aliphatic carbocycles. The molecule has 0 radical (unpaired) electrons. The lowest BCUT2D eigenvalue weighted by atomic mass is 9.87. The minimum Gasteiger partial charge on any atom is -0.398 e. The van der Waals surface area contributed by atoms with Crippen molar-refractivity contribution in [3.05, 3.63) is 46.9 Å². The molecule has 1 aliphatic heterocycles. The number of nitrogens with two attached hydrogens (primary N) is 1. The first-order valence-corrected chi connectivity index (χ1v) is 9.62. The van der Waals surface area contributed by atoms with E-state index in [1.807, 2.05) is 0 Å². The summed E-state index contributed by atoms with van der Waals surface area (Å²) in [6, 6.07) is 3.49. The quantitative estimate of drug-likeness (QED) is 0.521. The van der Waals surface area contributed by atoms with Crippen molar-refractivity contribution in [3.8, 4) is 0 Å². The molecule has 1 aromatic carbocycles. The lowest BCUT2D eigenvalue weighted by Crippen LogP contribution is -2.57. The maximum absolute atomic E-state index is 14.3. The molecule has 2 aromatic rings. The number of halogens is 6. The Kier molecular flexibility index (Phi) is 6.26. The lowest BCUT2D eigenvalue weighted by Gasteiger charge is -2.43. The number of rotatable bonds is 4. The fourth-order valence-corrected chi connectivity index (χ4v) is 3.69. The highest BCUT2D eigenvalue weighted by molar-refractivity contribution is 6.31. The highest BCUT2D eigenvalue weighted by Crippen LogP contribution is 2.36. The molecule has 168 valence electrons. The van der Waals surface area contributed by atoms with Crippen molar-refractivity contribution in [1.29, 1.82) is 0 Å². The standard InChI is InChI=1S/C19H19ClF5N5O/c1-10-5-18(21,22)9-30(17(31)12-4-11(20)2-3-13(12)26)14(10)6-28-16-8-27-15(7-29-16)19(23,24)25/h2-4,7-8,10,14H,5-6,9,26H2,1H3,(H,28,29). The Hall–Kier alpha value is -2.69. The molecular weight excluding hydrogens is 445 g/mol. The molecule has 12 heteroatoms. The second-order valence-corrected chi connectivity index (χ2v) is 7.87. The summed E-state index contributed by atoms with van der Waals surface area (Å²) in [5.74, 6) is -4.42. The summed E-state index contributed by atoms with van der Waals surface area (Å²) in [5, 5.41) is 3.00. The van der Waals surface area contributed by atoms with Crippen LogP contribution in [0, 0.1) is 5.92 Å². The van der Waals surface area contributed by atoms with Crippen molar-refractivity contribution >= 4 is 29.0 Å². The Balaban J connectivity index is 1.82. The van der Waals surface area contributed by atoms with E-state index in [-0.39, 0.29) is 28.6 Å². The van der Waals surface area contributed by atoms with Gasteiger partial charge in [0.25, 0.3) is 11.8 Å². The number of nitrogens with zero attached hydrogens (tertiary/aromatic N) is 3. The fraction of sp³-hybridized carbons (Fsp3) is 0.421. The van der Waals surface area contributed by atoms with Crippen LogP contribution in [0.1, 0.15) is 29.4 Å². The third-order valence-electron chi connectivity index (χ3n) is 5.02. The van der Waals surface area contributed by atoms with E-state index < -0.39 is 48.6 Å². The van der Waals surface area contributed by atoms with Crippen LogP contribution in [-0.2, 0) is 6.18 Å². The molecule has 1 amide bonds. The third kappa shape index (κ3) is 5.33. The summed E-state index contributed by atoms with van der Waals surface area (Å²) in [4.78, 5) is 21.0. The molecule has 31 heavy (non-hydrogen) atoms. The van der Waals surface area contributed by atoms with Crippen LogP contribution in [-0.4, -0.2) is 45.8 Å². The number of piperidine rings is 1. The van der Waals surface area contributed by atoms with E-state index in [9.17, 15) is 26.7 Å². The van der Waals surface area contributed by atoms with Gasteiger partial charge in [0.2, 0.25) is 0 Å². The molecular formula is C19H19ClF5N5O. The third-order valence-corrected chi connectivity index (χ3v) is 5.26. The number of carbonyl (C=O) groups is 1. The van der Waals surface area contributed by atoms with Crippen LogP contribution in [0.3, 0.4) is 0 Å². The van der Waals surface area contributed by atoms with Gasteiger partial charge in [0, 0.05) is 23.7 Å². The normalized spacial score (nSPS) is 21.1. The number of amides is 1. The highest BCUT2D eigenvalue weighted by atomic mass is 35.5. The predicted molar refractivity (Wildman–Crippen MR) is 105 cm³/mol. The summed E-state index contributed by atoms with van der Waals surface area (Å²) < 4.78 is 66.4. The summed E-state index contributed by atoms with van der Waals surface area (Å²) >= 11 is 5.92. The van der Waals surface area contributed by atoms with Gasteiger partial charge in [-0.25, -0.2) is 18.7 Å². The Morgan fingerprint density at radius 2 is 2.03 bits per heavy atom. The van der Waals surface area contributed by atoms with Gasteiger partial charge in [-0.15, -0.1) is 0 Å². The summed E-state index contributed by atoms with van der Waals surface area (Å²) in [7, 11) is 0. The van der Waals surface area contributed by atoms with Gasteiger partial charge < -0.3 is 16.0 Å². The van der Waals surface area contributed by atoms with E-state index in [0.717, 1.165) is 11.1 Å². The first-order valence-electron chi connectivity index (χ1n) is 9.24. The van der Waals surface area contributed by atoms with E-state index in [4.69, 9.17) is 17.3 Å². The van der Waals surface area contributed by atoms with Crippen molar-refractivity contribution in [2.24, 2.45) is 5.92 Å². The zero-order valence-electron chi connectivity index (χ0n) is 16.3. The Bertz CT molecular complexity index is 954. The second kappa shape index (κ2) is 8.45. The number of hydrogen-bond acceptors (Lipinski definition) is 5. The summed E-state index contributed by atoms with van der Waals surface area (Å²) in [6.45, 7) is 0.718. The van der Waals surface area contributed by atoms with E-state index in [2.05, 4.69) is 15.3 Å². The Labute approximate surface area is 179 Å². The van der Waals surface area contributed by atoms with Crippen LogP contribution < -0.4 is 11.1 Å². The first kappa shape index (κ1) is 23.0. The molecule has 1 fully saturated rings. The van der Waals surface area contributed by atoms with Crippen molar-refractivity contribution in [3.63, 3.8) is 0 Å². The zero-order chi connectivity index (χ0) is 23.0. The van der Waals surface area contributed by atoms with E-state index in [1.165, 1.54) is 18.2 Å². The summed E-state index contributed by atoms with van der Waals surface area (Å²) in [5.41, 5.74) is 4.77. The van der Waals surface area contributed by atoms with Crippen LogP contribution in [0.15, 0.2) is 30.6 Å². The number of aromatic nitrogens is 2. The Morgan fingerprint density at radius 1 is 1.32 bits per heavy atom. The van der Waals surface area contributed by atoms with E-state index >= 15 is 0 Å². The highest BCUT2D eigenvalue weighted by Gasteiger charge is 2.46. The molecule has 1 aliphatic rings. The molecule has 6 nitrogen and oxygen atoms in total. The molecule has 2 heterocycles. The van der Waals surface area contributed by atoms with Crippen LogP contribution in [0.4, 0.5) is 33.5 Å². The molecule has 0 saturated carbocycles. The van der Waals surface area contributed by atoms with Gasteiger partial charge in [0.05, 0.1) is 30.5 Å². The predicted octanol–water partition coefficient (Wildman–Crippen LogP) is 4.33. The molecule has 2 atom stereocenters. The minimum atomic E-state index is -4.63. The van der Waals surface area contributed by atoms with Crippen molar-refractivity contribution in [1.82, 2.24) is 14.9 Å². The number of likely N-dealkylation sites (tertiary alicyclic amines) is 1. The van der Waals surface area contributed by atoms with Gasteiger partial charge in [-0.3, -0.25) is 4.79 Å². The number of hydrogen-bond donors (Lipinski definition) is 2. The van der Waals surface area contributed by atoms with Crippen LogP contribution in [0.25, 0.3) is 0 Å². The first-order chi connectivity index (χ1) is 14.4. The van der Waals surface area contributed by atoms with Gasteiger partial charge in [-0.2, -0.15) is 13.2 Å². The van der Waals surface area contributed by atoms with Crippen LogP contribution >= 0.6 is 11.6 Å². The number of carbonyl (C=O) groups excluding carboxylic acids is 1. The fourth-order valence-electron chi connectivity index (χ4n) is 3.52. The second-order valence-electron chi connectivity index (χ2n) is 7.43. The monoisotopic (exact) mass is 463 g/mol. The lowest BCUT2D eigenvalue weighted by molar-refractivity contribution is -0.141. The number of nitrogen functional groups attached to an aromatic ring is 1. The largest absolute Gasteiger partial charge is 0.434 e. The number of alkyl halides is 5. The smallest absolute Gasteiger partial charge is 0.398 e.